The average Bonchev–Trinajstić information content (AvgIpc) is 2.64. The Morgan fingerprint density at radius 1 is 0.917 bits per heavy atom. The fourth-order valence-electron chi connectivity index (χ4n) is 2.17. The Hall–Kier alpha value is -2.49. The third-order valence-corrected chi connectivity index (χ3v) is 3.54. The minimum Gasteiger partial charge on any atom is -0.494 e. The number of hydrogen-bond donors (Lipinski definition) is 1. The molecule has 0 heterocycles. The van der Waals surface area contributed by atoms with E-state index in [1.807, 2.05) is 54.6 Å². The molecule has 1 N–H and O–H groups in total. The van der Waals surface area contributed by atoms with Gasteiger partial charge in [-0.1, -0.05) is 50.1 Å². The molecule has 4 nitrogen and oxygen atoms in total. The van der Waals surface area contributed by atoms with Crippen LogP contribution in [0, 0.1) is 0 Å². The van der Waals surface area contributed by atoms with Crippen LogP contribution in [0.2, 0.25) is 0 Å². The lowest BCUT2D eigenvalue weighted by Crippen LogP contribution is -2.28. The molecule has 4 heteroatoms. The van der Waals surface area contributed by atoms with Gasteiger partial charge in [0.2, 0.25) is 0 Å². The first-order chi connectivity index (χ1) is 11.8. The number of hydrogen-bond acceptors (Lipinski definition) is 3. The molecule has 0 aliphatic heterocycles. The summed E-state index contributed by atoms with van der Waals surface area (Å²) in [4.78, 5) is 11.8. The van der Waals surface area contributed by atoms with Gasteiger partial charge in [-0.2, -0.15) is 0 Å². The van der Waals surface area contributed by atoms with Crippen LogP contribution in [-0.2, 0) is 11.3 Å². The van der Waals surface area contributed by atoms with Crippen LogP contribution in [0.15, 0.2) is 54.6 Å². The van der Waals surface area contributed by atoms with Crippen LogP contribution in [-0.4, -0.2) is 19.1 Å². The Morgan fingerprint density at radius 3 is 2.25 bits per heavy atom. The second-order valence-electron chi connectivity index (χ2n) is 5.58. The third-order valence-electron chi connectivity index (χ3n) is 3.54. The number of benzene rings is 2. The zero-order chi connectivity index (χ0) is 17.0. The van der Waals surface area contributed by atoms with Gasteiger partial charge in [0, 0.05) is 6.54 Å². The highest BCUT2D eigenvalue weighted by atomic mass is 16.5. The summed E-state index contributed by atoms with van der Waals surface area (Å²) in [5.74, 6) is 1.34. The first-order valence-corrected chi connectivity index (χ1v) is 8.44. The maximum absolute atomic E-state index is 11.8. The van der Waals surface area contributed by atoms with Crippen LogP contribution in [0.25, 0.3) is 0 Å². The molecule has 2 aromatic rings. The number of carbonyl (C=O) groups excluding carboxylic acids is 1. The molecule has 0 aliphatic rings. The normalized spacial score (nSPS) is 10.2. The summed E-state index contributed by atoms with van der Waals surface area (Å²) < 4.78 is 11.1. The maximum atomic E-state index is 11.8. The molecule has 0 atom stereocenters. The lowest BCUT2D eigenvalue weighted by molar-refractivity contribution is -0.123. The van der Waals surface area contributed by atoms with Crippen LogP contribution < -0.4 is 14.8 Å². The number of ether oxygens (including phenoxy) is 2. The fraction of sp³-hybridized carbons (Fsp3) is 0.350. The van der Waals surface area contributed by atoms with Crippen molar-refractivity contribution in [2.45, 2.75) is 32.7 Å². The van der Waals surface area contributed by atoms with Gasteiger partial charge in [-0.3, -0.25) is 4.79 Å². The SMILES string of the molecule is CCCCCOc1ccc(OCC(=O)NCc2ccccc2)cc1. The van der Waals surface area contributed by atoms with E-state index in [1.54, 1.807) is 0 Å². The Kier molecular flexibility index (Phi) is 7.68. The minimum atomic E-state index is -0.140. The molecular weight excluding hydrogens is 302 g/mol. The molecule has 0 spiro atoms. The van der Waals surface area contributed by atoms with Gasteiger partial charge in [-0.15, -0.1) is 0 Å². The topological polar surface area (TPSA) is 47.6 Å². The van der Waals surface area contributed by atoms with Gasteiger partial charge in [-0.05, 0) is 36.2 Å². The summed E-state index contributed by atoms with van der Waals surface area (Å²) in [5, 5.41) is 2.83. The van der Waals surface area contributed by atoms with Crippen molar-refractivity contribution in [1.29, 1.82) is 0 Å². The van der Waals surface area contributed by atoms with Gasteiger partial charge in [0.05, 0.1) is 6.61 Å². The second kappa shape index (κ2) is 10.3. The molecule has 0 radical (unpaired) electrons. The Morgan fingerprint density at radius 2 is 1.58 bits per heavy atom. The predicted molar refractivity (Wildman–Crippen MR) is 95.2 cm³/mol. The number of unbranched alkanes of at least 4 members (excludes halogenated alkanes) is 2. The summed E-state index contributed by atoms with van der Waals surface area (Å²) in [6, 6.07) is 17.2. The molecule has 24 heavy (non-hydrogen) atoms. The monoisotopic (exact) mass is 327 g/mol. The predicted octanol–water partition coefficient (Wildman–Crippen LogP) is 3.95. The van der Waals surface area contributed by atoms with Gasteiger partial charge < -0.3 is 14.8 Å². The number of carbonyl (C=O) groups is 1. The van der Waals surface area contributed by atoms with Crippen molar-refractivity contribution in [3.8, 4) is 11.5 Å². The fourth-order valence-corrected chi connectivity index (χ4v) is 2.17. The molecule has 0 fully saturated rings. The Bertz CT molecular complexity index is 596. The van der Waals surface area contributed by atoms with Gasteiger partial charge in [-0.25, -0.2) is 0 Å². The molecule has 2 aromatic carbocycles. The van der Waals surface area contributed by atoms with Gasteiger partial charge in [0.15, 0.2) is 6.61 Å². The van der Waals surface area contributed by atoms with Crippen molar-refractivity contribution in [1.82, 2.24) is 5.32 Å². The van der Waals surface area contributed by atoms with Crippen LogP contribution in [0.4, 0.5) is 0 Å². The first-order valence-electron chi connectivity index (χ1n) is 8.44. The quantitative estimate of drug-likeness (QED) is 0.672. The van der Waals surface area contributed by atoms with Crippen LogP contribution in [0.1, 0.15) is 31.7 Å². The molecule has 0 saturated carbocycles. The maximum Gasteiger partial charge on any atom is 0.258 e. The molecule has 0 unspecified atom stereocenters. The van der Waals surface area contributed by atoms with E-state index < -0.39 is 0 Å². The lowest BCUT2D eigenvalue weighted by atomic mass is 10.2. The first kappa shape index (κ1) is 17.9. The van der Waals surface area contributed by atoms with E-state index in [-0.39, 0.29) is 12.5 Å². The highest BCUT2D eigenvalue weighted by Crippen LogP contribution is 2.17. The molecule has 2 rings (SSSR count). The van der Waals surface area contributed by atoms with Crippen molar-refractivity contribution in [3.63, 3.8) is 0 Å². The van der Waals surface area contributed by atoms with E-state index in [2.05, 4.69) is 12.2 Å². The molecular formula is C20H25NO3. The molecule has 1 amide bonds. The van der Waals surface area contributed by atoms with Crippen LogP contribution in [0.3, 0.4) is 0 Å². The van der Waals surface area contributed by atoms with Crippen molar-refractivity contribution >= 4 is 5.91 Å². The Balaban J connectivity index is 1.67. The highest BCUT2D eigenvalue weighted by molar-refractivity contribution is 5.77. The summed E-state index contributed by atoms with van der Waals surface area (Å²) in [6.07, 6.45) is 3.43. The summed E-state index contributed by atoms with van der Waals surface area (Å²) >= 11 is 0. The van der Waals surface area contributed by atoms with Crippen molar-refractivity contribution in [3.05, 3.63) is 60.2 Å². The number of rotatable bonds is 10. The minimum absolute atomic E-state index is 0.00351. The molecule has 0 aliphatic carbocycles. The van der Waals surface area contributed by atoms with E-state index in [9.17, 15) is 4.79 Å². The zero-order valence-corrected chi connectivity index (χ0v) is 14.2. The standard InChI is InChI=1S/C20H25NO3/c1-2-3-7-14-23-18-10-12-19(13-11-18)24-16-20(22)21-15-17-8-5-4-6-9-17/h4-6,8-13H,2-3,7,14-16H2,1H3,(H,21,22). The average molecular weight is 327 g/mol. The lowest BCUT2D eigenvalue weighted by Gasteiger charge is -2.09. The van der Waals surface area contributed by atoms with Crippen molar-refractivity contribution in [2.75, 3.05) is 13.2 Å². The van der Waals surface area contributed by atoms with E-state index in [4.69, 9.17) is 9.47 Å². The van der Waals surface area contributed by atoms with Crippen molar-refractivity contribution in [2.24, 2.45) is 0 Å². The molecule has 128 valence electrons. The van der Waals surface area contributed by atoms with E-state index >= 15 is 0 Å². The summed E-state index contributed by atoms with van der Waals surface area (Å²) in [6.45, 7) is 3.41. The summed E-state index contributed by atoms with van der Waals surface area (Å²) in [7, 11) is 0. The molecule has 0 saturated heterocycles. The van der Waals surface area contributed by atoms with Gasteiger partial charge in [0.25, 0.3) is 5.91 Å². The summed E-state index contributed by atoms with van der Waals surface area (Å²) in [5.41, 5.74) is 1.07. The number of nitrogens with one attached hydrogen (secondary N) is 1. The Labute approximate surface area is 143 Å². The largest absolute Gasteiger partial charge is 0.494 e. The van der Waals surface area contributed by atoms with E-state index in [1.165, 1.54) is 12.8 Å². The smallest absolute Gasteiger partial charge is 0.258 e. The molecule has 0 bridgehead atoms. The van der Waals surface area contributed by atoms with Crippen LogP contribution >= 0.6 is 0 Å². The molecule has 0 aromatic heterocycles. The third kappa shape index (κ3) is 6.73. The van der Waals surface area contributed by atoms with Gasteiger partial charge >= 0.3 is 0 Å². The van der Waals surface area contributed by atoms with Gasteiger partial charge in [0.1, 0.15) is 11.5 Å². The van der Waals surface area contributed by atoms with Crippen LogP contribution in [0.5, 0.6) is 11.5 Å². The highest BCUT2D eigenvalue weighted by Gasteiger charge is 2.03. The zero-order valence-electron chi connectivity index (χ0n) is 14.2. The second-order valence-corrected chi connectivity index (χ2v) is 5.58. The van der Waals surface area contributed by atoms with Crippen molar-refractivity contribution < 1.29 is 14.3 Å². The van der Waals surface area contributed by atoms with E-state index in [0.29, 0.717) is 12.3 Å². The number of amides is 1. The van der Waals surface area contributed by atoms with E-state index in [0.717, 1.165) is 24.3 Å².